The molecule has 0 bridgehead atoms. The summed E-state index contributed by atoms with van der Waals surface area (Å²) in [4.78, 5) is 23.4. The van der Waals surface area contributed by atoms with Gasteiger partial charge < -0.3 is 19.8 Å². The van der Waals surface area contributed by atoms with E-state index in [1.54, 1.807) is 0 Å². The number of nitrogens with zero attached hydrogens (tertiary/aromatic N) is 1. The molecule has 0 saturated carbocycles. The third-order valence-electron chi connectivity index (χ3n) is 15.9. The van der Waals surface area contributed by atoms with Crippen LogP contribution in [0.5, 0.6) is 0 Å². The molecule has 0 aromatic heterocycles. The molecule has 1 amide bonds. The smallest absolute Gasteiger partial charge is 0.391 e. The van der Waals surface area contributed by atoms with E-state index in [0.29, 0.717) is 23.9 Å². The van der Waals surface area contributed by atoms with Gasteiger partial charge >= 0.3 is 7.82 Å². The summed E-state index contributed by atoms with van der Waals surface area (Å²) < 4.78 is 23.8. The van der Waals surface area contributed by atoms with E-state index in [1.165, 1.54) is 270 Å². The Kier molecular flexibility index (Phi) is 59.3. The van der Waals surface area contributed by atoms with Gasteiger partial charge in [0.1, 0.15) is 13.2 Å². The fourth-order valence-corrected chi connectivity index (χ4v) is 11.3. The Hall–Kier alpha value is -1.28. The zero-order valence-electron chi connectivity index (χ0n) is 52.9. The van der Waals surface area contributed by atoms with Gasteiger partial charge in [-0.05, 0) is 51.4 Å². The van der Waals surface area contributed by atoms with E-state index in [4.69, 9.17) is 9.05 Å². The molecule has 0 fully saturated rings. The Labute approximate surface area is 487 Å². The number of rotatable bonds is 64. The van der Waals surface area contributed by atoms with Crippen LogP contribution in [0.4, 0.5) is 0 Å². The van der Waals surface area contributed by atoms with Crippen molar-refractivity contribution in [2.75, 3.05) is 40.9 Å². The molecule has 0 radical (unpaired) electrons. The van der Waals surface area contributed by atoms with Crippen molar-refractivity contribution in [3.63, 3.8) is 0 Å². The molecule has 8 nitrogen and oxygen atoms in total. The van der Waals surface area contributed by atoms with Gasteiger partial charge in [0.05, 0.1) is 39.9 Å². The van der Waals surface area contributed by atoms with Crippen LogP contribution < -0.4 is 5.32 Å². The first kappa shape index (κ1) is 76.7. The lowest BCUT2D eigenvalue weighted by atomic mass is 10.0. The van der Waals surface area contributed by atoms with Crippen molar-refractivity contribution in [3.05, 3.63) is 36.5 Å². The second kappa shape index (κ2) is 60.3. The number of amides is 1. The van der Waals surface area contributed by atoms with Gasteiger partial charge in [-0.3, -0.25) is 13.8 Å². The van der Waals surface area contributed by atoms with Gasteiger partial charge in [-0.2, -0.15) is 0 Å². The van der Waals surface area contributed by atoms with Crippen molar-refractivity contribution in [2.24, 2.45) is 0 Å². The highest BCUT2D eigenvalue weighted by atomic mass is 31.2. The lowest BCUT2D eigenvalue weighted by molar-refractivity contribution is -0.870. The maximum atomic E-state index is 13.0. The number of aliphatic hydroxyl groups excluding tert-OH is 1. The molecule has 78 heavy (non-hydrogen) atoms. The minimum absolute atomic E-state index is 0.0772. The van der Waals surface area contributed by atoms with E-state index in [9.17, 15) is 19.4 Å². The maximum Gasteiger partial charge on any atom is 0.472 e. The normalized spacial score (nSPS) is 13.9. The highest BCUT2D eigenvalue weighted by molar-refractivity contribution is 7.47. The van der Waals surface area contributed by atoms with Crippen molar-refractivity contribution in [3.8, 4) is 0 Å². The molecule has 0 aliphatic carbocycles. The van der Waals surface area contributed by atoms with Gasteiger partial charge in [0, 0.05) is 6.42 Å². The first-order valence-electron chi connectivity index (χ1n) is 34.4. The van der Waals surface area contributed by atoms with Crippen LogP contribution in [-0.2, 0) is 18.4 Å². The minimum Gasteiger partial charge on any atom is -0.391 e. The molecule has 0 saturated heterocycles. The lowest BCUT2D eigenvalue weighted by Gasteiger charge is -2.26. The lowest BCUT2D eigenvalue weighted by Crippen LogP contribution is -2.46. The molecule has 0 heterocycles. The van der Waals surface area contributed by atoms with Crippen LogP contribution in [-0.4, -0.2) is 73.4 Å². The number of aliphatic hydroxyl groups is 1. The van der Waals surface area contributed by atoms with Crippen LogP contribution in [0.2, 0.25) is 0 Å². The van der Waals surface area contributed by atoms with Crippen molar-refractivity contribution >= 4 is 13.7 Å². The van der Waals surface area contributed by atoms with Crippen molar-refractivity contribution in [2.45, 2.75) is 360 Å². The molecular formula is C69H136N2O6P+. The highest BCUT2D eigenvalue weighted by Gasteiger charge is 2.28. The van der Waals surface area contributed by atoms with Gasteiger partial charge in [0.15, 0.2) is 0 Å². The largest absolute Gasteiger partial charge is 0.472 e. The van der Waals surface area contributed by atoms with Gasteiger partial charge in [0.2, 0.25) is 5.91 Å². The summed E-state index contributed by atoms with van der Waals surface area (Å²) in [6, 6.07) is -0.759. The standard InChI is InChI=1S/C69H135N2O6P/c1-6-8-10-12-14-16-18-20-22-24-25-26-27-28-29-30-31-32-33-34-35-36-37-38-39-40-41-42-43-44-45-47-49-51-53-55-57-59-61-63-69(73)70-67(66-77-78(74,75)76-65-64-71(3,4)5)68(72)62-60-58-56-54-52-50-48-46-23-21-19-17-15-13-11-9-7-2/h18,20,24-25,27-28,67-68,72H,6-17,19,21-23,26,29-66H2,1-5H3,(H-,70,73,74,75)/p+1/b20-18-,25-24-,28-27-. The molecule has 0 spiro atoms. The van der Waals surface area contributed by atoms with Gasteiger partial charge in [-0.1, -0.05) is 326 Å². The number of quaternary nitrogens is 1. The van der Waals surface area contributed by atoms with E-state index in [1.807, 2.05) is 21.1 Å². The number of likely N-dealkylation sites (N-methyl/N-ethyl adjacent to an activating group) is 1. The average Bonchev–Trinajstić information content (AvgIpc) is 3.40. The van der Waals surface area contributed by atoms with Gasteiger partial charge in [-0.15, -0.1) is 0 Å². The number of carbonyl (C=O) groups is 1. The van der Waals surface area contributed by atoms with Crippen LogP contribution in [0.15, 0.2) is 36.5 Å². The number of hydrogen-bond acceptors (Lipinski definition) is 5. The van der Waals surface area contributed by atoms with Crippen molar-refractivity contribution in [1.29, 1.82) is 0 Å². The van der Waals surface area contributed by atoms with Crippen LogP contribution in [0.1, 0.15) is 348 Å². The minimum atomic E-state index is -4.32. The first-order chi connectivity index (χ1) is 38.0. The molecule has 0 aromatic rings. The van der Waals surface area contributed by atoms with Crippen LogP contribution in [0.3, 0.4) is 0 Å². The third kappa shape index (κ3) is 62.3. The second-order valence-electron chi connectivity index (χ2n) is 24.9. The predicted molar refractivity (Wildman–Crippen MR) is 341 cm³/mol. The Morgan fingerprint density at radius 1 is 0.436 bits per heavy atom. The molecular weight excluding hydrogens is 984 g/mol. The van der Waals surface area contributed by atoms with Gasteiger partial charge in [0.25, 0.3) is 0 Å². The molecule has 0 aromatic carbocycles. The van der Waals surface area contributed by atoms with Gasteiger partial charge in [-0.25, -0.2) is 4.57 Å². The number of unbranched alkanes of at least 4 members (excludes halogenated alkanes) is 45. The highest BCUT2D eigenvalue weighted by Crippen LogP contribution is 2.43. The molecule has 0 aliphatic heterocycles. The summed E-state index contributed by atoms with van der Waals surface area (Å²) in [5.41, 5.74) is 0. The Balaban J connectivity index is 3.89. The predicted octanol–water partition coefficient (Wildman–Crippen LogP) is 21.7. The zero-order chi connectivity index (χ0) is 57.0. The summed E-state index contributed by atoms with van der Waals surface area (Å²) in [5, 5.41) is 14.1. The monoisotopic (exact) mass is 1120 g/mol. The maximum absolute atomic E-state index is 13.0. The summed E-state index contributed by atoms with van der Waals surface area (Å²) in [7, 11) is 1.63. The topological polar surface area (TPSA) is 105 Å². The molecule has 0 aliphatic rings. The number of hydrogen-bond donors (Lipinski definition) is 3. The van der Waals surface area contributed by atoms with Crippen LogP contribution >= 0.6 is 7.82 Å². The third-order valence-corrected chi connectivity index (χ3v) is 16.9. The van der Waals surface area contributed by atoms with E-state index in [0.717, 1.165) is 51.4 Å². The summed E-state index contributed by atoms with van der Waals surface area (Å²) >= 11 is 0. The number of nitrogens with one attached hydrogen (secondary N) is 1. The number of allylic oxidation sites excluding steroid dienone is 6. The number of phosphoric ester groups is 1. The summed E-state index contributed by atoms with van der Waals surface area (Å²) in [6.07, 6.45) is 79.6. The first-order valence-corrected chi connectivity index (χ1v) is 35.8. The van der Waals surface area contributed by atoms with Crippen molar-refractivity contribution < 1.29 is 32.9 Å². The van der Waals surface area contributed by atoms with E-state index in [2.05, 4.69) is 55.6 Å². The quantitative estimate of drug-likeness (QED) is 0.0243. The Bertz CT molecular complexity index is 1360. The average molecular weight is 1120 g/mol. The van der Waals surface area contributed by atoms with E-state index < -0.39 is 20.0 Å². The van der Waals surface area contributed by atoms with Crippen LogP contribution in [0.25, 0.3) is 0 Å². The van der Waals surface area contributed by atoms with E-state index in [-0.39, 0.29) is 19.1 Å². The second-order valence-corrected chi connectivity index (χ2v) is 26.4. The fourth-order valence-electron chi connectivity index (χ4n) is 10.5. The molecule has 3 atom stereocenters. The Morgan fingerprint density at radius 3 is 1.06 bits per heavy atom. The van der Waals surface area contributed by atoms with Crippen LogP contribution in [0, 0.1) is 0 Å². The number of carbonyl (C=O) groups excluding carboxylic acids is 1. The molecule has 9 heteroatoms. The molecule has 3 N–H and O–H groups in total. The SMILES string of the molecule is CCCCCCC/C=C\C/C=C\C/C=C\CCCCCCCCCCCCCCCCCCCCCCCCCCC(=O)NC(COP(=O)(O)OCC[N+](C)(C)C)C(O)CCCCCCCCCCCCCCCCCCC. The zero-order valence-corrected chi connectivity index (χ0v) is 53.8. The number of phosphoric acid groups is 1. The molecule has 0 rings (SSSR count). The summed E-state index contributed by atoms with van der Waals surface area (Å²) in [6.45, 7) is 4.92. The molecule has 462 valence electrons. The summed E-state index contributed by atoms with van der Waals surface area (Å²) in [5.74, 6) is -0.137. The Morgan fingerprint density at radius 2 is 0.731 bits per heavy atom. The van der Waals surface area contributed by atoms with E-state index >= 15 is 0 Å². The molecule has 3 unspecified atom stereocenters. The fraction of sp³-hybridized carbons (Fsp3) is 0.899. The van der Waals surface area contributed by atoms with Crippen molar-refractivity contribution in [1.82, 2.24) is 5.32 Å².